The zero-order chi connectivity index (χ0) is 12.3. The summed E-state index contributed by atoms with van der Waals surface area (Å²) in [6, 6.07) is 12.2. The highest BCUT2D eigenvalue weighted by atomic mass is 15.2. The average Bonchev–Trinajstić information content (AvgIpc) is 2.38. The molecule has 88 valence electrons. The number of pyridine rings is 1. The normalized spacial score (nSPS) is 10.3. The van der Waals surface area contributed by atoms with E-state index in [-0.39, 0.29) is 0 Å². The minimum absolute atomic E-state index is 0.499. The van der Waals surface area contributed by atoms with Crippen LogP contribution >= 0.6 is 0 Å². The molecule has 1 heterocycles. The molecule has 17 heavy (non-hydrogen) atoms. The molecule has 0 unspecified atom stereocenters. The number of benzene rings is 1. The lowest BCUT2D eigenvalue weighted by atomic mass is 10.1. The van der Waals surface area contributed by atoms with Crippen molar-refractivity contribution in [1.82, 2.24) is 4.98 Å². The third kappa shape index (κ3) is 2.29. The SMILES string of the molecule is Cc1ccccc1N(C)c1ncccc1CN. The number of aryl methyl sites for hydroxylation is 1. The van der Waals surface area contributed by atoms with Crippen molar-refractivity contribution in [2.45, 2.75) is 13.5 Å². The molecule has 0 aliphatic carbocycles. The first-order chi connectivity index (χ1) is 8.24. The minimum Gasteiger partial charge on any atom is -0.329 e. The quantitative estimate of drug-likeness (QED) is 0.876. The van der Waals surface area contributed by atoms with Crippen molar-refractivity contribution in [2.75, 3.05) is 11.9 Å². The van der Waals surface area contributed by atoms with Crippen LogP contribution in [0.2, 0.25) is 0 Å². The highest BCUT2D eigenvalue weighted by Gasteiger charge is 2.10. The first kappa shape index (κ1) is 11.6. The first-order valence-electron chi connectivity index (χ1n) is 5.67. The zero-order valence-corrected chi connectivity index (χ0v) is 10.2. The van der Waals surface area contributed by atoms with E-state index in [9.17, 15) is 0 Å². The molecule has 0 atom stereocenters. The van der Waals surface area contributed by atoms with E-state index in [4.69, 9.17) is 5.73 Å². The van der Waals surface area contributed by atoms with Gasteiger partial charge in [-0.2, -0.15) is 0 Å². The highest BCUT2D eigenvalue weighted by Crippen LogP contribution is 2.26. The van der Waals surface area contributed by atoms with Gasteiger partial charge in [0, 0.05) is 31.0 Å². The summed E-state index contributed by atoms with van der Waals surface area (Å²) in [5, 5.41) is 0. The molecule has 3 heteroatoms. The summed E-state index contributed by atoms with van der Waals surface area (Å²) in [4.78, 5) is 6.49. The van der Waals surface area contributed by atoms with Crippen molar-refractivity contribution in [3.63, 3.8) is 0 Å². The summed E-state index contributed by atoms with van der Waals surface area (Å²) in [5.41, 5.74) is 9.17. The van der Waals surface area contributed by atoms with Gasteiger partial charge in [0.15, 0.2) is 0 Å². The van der Waals surface area contributed by atoms with E-state index in [2.05, 4.69) is 28.9 Å². The fourth-order valence-electron chi connectivity index (χ4n) is 1.95. The maximum Gasteiger partial charge on any atom is 0.137 e. The van der Waals surface area contributed by atoms with E-state index in [1.54, 1.807) is 6.20 Å². The van der Waals surface area contributed by atoms with Crippen molar-refractivity contribution in [3.05, 3.63) is 53.7 Å². The van der Waals surface area contributed by atoms with Crippen LogP contribution in [0.4, 0.5) is 11.5 Å². The first-order valence-corrected chi connectivity index (χ1v) is 5.67. The van der Waals surface area contributed by atoms with Gasteiger partial charge < -0.3 is 10.6 Å². The molecule has 2 N–H and O–H groups in total. The predicted octanol–water partition coefficient (Wildman–Crippen LogP) is 2.62. The van der Waals surface area contributed by atoms with E-state index in [0.29, 0.717) is 6.54 Å². The summed E-state index contributed by atoms with van der Waals surface area (Å²) in [5.74, 6) is 0.921. The molecule has 0 radical (unpaired) electrons. The molecule has 0 aliphatic rings. The molecule has 0 fully saturated rings. The van der Waals surface area contributed by atoms with Crippen LogP contribution in [0.15, 0.2) is 42.6 Å². The van der Waals surface area contributed by atoms with Crippen LogP contribution in [-0.2, 0) is 6.54 Å². The number of nitrogens with two attached hydrogens (primary N) is 1. The summed E-state index contributed by atoms with van der Waals surface area (Å²) >= 11 is 0. The van der Waals surface area contributed by atoms with Gasteiger partial charge in [-0.25, -0.2) is 4.98 Å². The largest absolute Gasteiger partial charge is 0.329 e. The molecular weight excluding hydrogens is 210 g/mol. The Labute approximate surface area is 102 Å². The third-order valence-electron chi connectivity index (χ3n) is 2.88. The number of rotatable bonds is 3. The molecule has 0 aliphatic heterocycles. The van der Waals surface area contributed by atoms with Gasteiger partial charge in [0.2, 0.25) is 0 Å². The Hall–Kier alpha value is -1.87. The molecule has 0 spiro atoms. The smallest absolute Gasteiger partial charge is 0.137 e. The van der Waals surface area contributed by atoms with E-state index in [1.807, 2.05) is 31.3 Å². The lowest BCUT2D eigenvalue weighted by Gasteiger charge is -2.22. The molecule has 0 amide bonds. The molecule has 0 saturated heterocycles. The van der Waals surface area contributed by atoms with Crippen LogP contribution in [0.3, 0.4) is 0 Å². The lowest BCUT2D eigenvalue weighted by Crippen LogP contribution is -2.15. The lowest BCUT2D eigenvalue weighted by molar-refractivity contribution is 1.01. The summed E-state index contributed by atoms with van der Waals surface area (Å²) < 4.78 is 0. The number of aromatic nitrogens is 1. The molecule has 2 aromatic rings. The Bertz CT molecular complexity index is 508. The van der Waals surface area contributed by atoms with Crippen LogP contribution in [-0.4, -0.2) is 12.0 Å². The molecule has 2 rings (SSSR count). The van der Waals surface area contributed by atoms with Crippen LogP contribution in [0.1, 0.15) is 11.1 Å². The van der Waals surface area contributed by atoms with Crippen LogP contribution in [0.25, 0.3) is 0 Å². The van der Waals surface area contributed by atoms with Crippen LogP contribution < -0.4 is 10.6 Å². The third-order valence-corrected chi connectivity index (χ3v) is 2.88. The summed E-state index contributed by atoms with van der Waals surface area (Å²) in [7, 11) is 2.02. The van der Waals surface area contributed by atoms with Crippen molar-refractivity contribution in [3.8, 4) is 0 Å². The van der Waals surface area contributed by atoms with Gasteiger partial charge in [-0.1, -0.05) is 24.3 Å². The number of hydrogen-bond donors (Lipinski definition) is 1. The Morgan fingerprint density at radius 3 is 2.65 bits per heavy atom. The number of para-hydroxylation sites is 1. The summed E-state index contributed by atoms with van der Waals surface area (Å²) in [6.45, 7) is 2.59. The fourth-order valence-corrected chi connectivity index (χ4v) is 1.95. The van der Waals surface area contributed by atoms with Gasteiger partial charge >= 0.3 is 0 Å². The van der Waals surface area contributed by atoms with Gasteiger partial charge in [0.05, 0.1) is 0 Å². The van der Waals surface area contributed by atoms with E-state index >= 15 is 0 Å². The molecule has 1 aromatic carbocycles. The predicted molar refractivity (Wildman–Crippen MR) is 71.4 cm³/mol. The van der Waals surface area contributed by atoms with Crippen LogP contribution in [0, 0.1) is 6.92 Å². The van der Waals surface area contributed by atoms with Crippen LogP contribution in [0.5, 0.6) is 0 Å². The maximum atomic E-state index is 5.74. The standard InChI is InChI=1S/C14H17N3/c1-11-6-3-4-8-13(11)17(2)14-12(10-15)7-5-9-16-14/h3-9H,10,15H2,1-2H3. The molecular formula is C14H17N3. The second-order valence-electron chi connectivity index (χ2n) is 4.04. The van der Waals surface area contributed by atoms with Crippen molar-refractivity contribution in [1.29, 1.82) is 0 Å². The van der Waals surface area contributed by atoms with E-state index in [1.165, 1.54) is 5.56 Å². The minimum atomic E-state index is 0.499. The monoisotopic (exact) mass is 227 g/mol. The molecule has 0 saturated carbocycles. The van der Waals surface area contributed by atoms with E-state index < -0.39 is 0 Å². The van der Waals surface area contributed by atoms with Gasteiger partial charge in [0.25, 0.3) is 0 Å². The van der Waals surface area contributed by atoms with Gasteiger partial charge in [-0.05, 0) is 24.6 Å². The van der Waals surface area contributed by atoms with Crippen molar-refractivity contribution >= 4 is 11.5 Å². The van der Waals surface area contributed by atoms with Gasteiger partial charge in [-0.3, -0.25) is 0 Å². The van der Waals surface area contributed by atoms with E-state index in [0.717, 1.165) is 17.1 Å². The number of hydrogen-bond acceptors (Lipinski definition) is 3. The zero-order valence-electron chi connectivity index (χ0n) is 10.2. The number of nitrogens with zero attached hydrogens (tertiary/aromatic N) is 2. The van der Waals surface area contributed by atoms with Gasteiger partial charge in [-0.15, -0.1) is 0 Å². The second kappa shape index (κ2) is 4.97. The van der Waals surface area contributed by atoms with Gasteiger partial charge in [0.1, 0.15) is 5.82 Å². The number of anilines is 2. The summed E-state index contributed by atoms with van der Waals surface area (Å²) in [6.07, 6.45) is 1.79. The Balaban J connectivity index is 2.44. The Kier molecular flexibility index (Phi) is 3.40. The average molecular weight is 227 g/mol. The second-order valence-corrected chi connectivity index (χ2v) is 4.04. The Morgan fingerprint density at radius 1 is 1.18 bits per heavy atom. The molecule has 0 bridgehead atoms. The molecule has 3 nitrogen and oxygen atoms in total. The van der Waals surface area contributed by atoms with Crippen molar-refractivity contribution < 1.29 is 0 Å². The molecule has 1 aromatic heterocycles. The Morgan fingerprint density at radius 2 is 1.94 bits per heavy atom. The fraction of sp³-hybridized carbons (Fsp3) is 0.214. The highest BCUT2D eigenvalue weighted by molar-refractivity contribution is 5.65. The topological polar surface area (TPSA) is 42.2 Å². The maximum absolute atomic E-state index is 5.74. The van der Waals surface area contributed by atoms with Crippen molar-refractivity contribution in [2.24, 2.45) is 5.73 Å².